The predicted octanol–water partition coefficient (Wildman–Crippen LogP) is 2.72. The van der Waals surface area contributed by atoms with Gasteiger partial charge in [-0.3, -0.25) is 4.79 Å². The third-order valence-electron chi connectivity index (χ3n) is 5.31. The van der Waals surface area contributed by atoms with E-state index in [1.807, 2.05) is 0 Å². The Morgan fingerprint density at radius 2 is 1.81 bits per heavy atom. The molecule has 1 N–H and O–H groups in total. The molecule has 6 nitrogen and oxygen atoms in total. The van der Waals surface area contributed by atoms with Crippen molar-refractivity contribution in [1.29, 1.82) is 0 Å². The van der Waals surface area contributed by atoms with Crippen LogP contribution in [0.1, 0.15) is 56.0 Å². The van der Waals surface area contributed by atoms with E-state index in [4.69, 9.17) is 4.74 Å². The lowest BCUT2D eigenvalue weighted by atomic mass is 9.78. The molecule has 0 radical (unpaired) electrons. The number of ether oxygens (including phenoxy) is 1. The van der Waals surface area contributed by atoms with Gasteiger partial charge in [0, 0.05) is 12.3 Å². The van der Waals surface area contributed by atoms with Gasteiger partial charge in [0.25, 0.3) is 5.91 Å². The lowest BCUT2D eigenvalue weighted by molar-refractivity contribution is -0.130. The van der Waals surface area contributed by atoms with Crippen LogP contribution in [0.2, 0.25) is 0 Å². The standard InChI is InChI=1S/C20H29NO5S/c1-13-6-5-7-18(14(13)2)21-19(22)15(3)26-20(23)17-10-8-16(9-11-17)12-27(4,24)25/h8-11,13-15,18H,5-7,12H2,1-4H3,(H,21,22)/t13-,14-,15-,18-/m1/s1. The van der Waals surface area contributed by atoms with E-state index >= 15 is 0 Å². The van der Waals surface area contributed by atoms with Crippen LogP contribution in [0.4, 0.5) is 0 Å². The van der Waals surface area contributed by atoms with E-state index in [0.29, 0.717) is 17.4 Å². The molecule has 7 heteroatoms. The minimum absolute atomic E-state index is 0.0842. The second-order valence-corrected chi connectivity index (χ2v) is 9.84. The van der Waals surface area contributed by atoms with Gasteiger partial charge in [-0.25, -0.2) is 13.2 Å². The maximum Gasteiger partial charge on any atom is 0.338 e. The fraction of sp³-hybridized carbons (Fsp3) is 0.600. The summed E-state index contributed by atoms with van der Waals surface area (Å²) in [5.74, 6) is -0.0176. The van der Waals surface area contributed by atoms with E-state index in [-0.39, 0.29) is 23.3 Å². The van der Waals surface area contributed by atoms with Crippen molar-refractivity contribution in [1.82, 2.24) is 5.32 Å². The normalized spacial score (nSPS) is 24.1. The van der Waals surface area contributed by atoms with Gasteiger partial charge in [-0.15, -0.1) is 0 Å². The Balaban J connectivity index is 1.91. The monoisotopic (exact) mass is 395 g/mol. The Kier molecular flexibility index (Phi) is 7.03. The van der Waals surface area contributed by atoms with Crippen LogP contribution in [0.15, 0.2) is 24.3 Å². The molecule has 0 spiro atoms. The van der Waals surface area contributed by atoms with Gasteiger partial charge in [-0.1, -0.05) is 38.8 Å². The average molecular weight is 396 g/mol. The summed E-state index contributed by atoms with van der Waals surface area (Å²) in [5, 5.41) is 3.01. The molecule has 1 aromatic carbocycles. The highest BCUT2D eigenvalue weighted by Crippen LogP contribution is 2.29. The molecule has 150 valence electrons. The van der Waals surface area contributed by atoms with Crippen molar-refractivity contribution in [3.63, 3.8) is 0 Å². The highest BCUT2D eigenvalue weighted by molar-refractivity contribution is 7.89. The molecule has 0 heterocycles. The van der Waals surface area contributed by atoms with Crippen LogP contribution in [0.5, 0.6) is 0 Å². The first kappa shape index (κ1) is 21.4. The number of carbonyl (C=O) groups excluding carboxylic acids is 2. The summed E-state index contributed by atoms with van der Waals surface area (Å²) < 4.78 is 27.9. The molecule has 1 amide bonds. The number of hydrogen-bond donors (Lipinski definition) is 1. The molecule has 1 saturated carbocycles. The minimum Gasteiger partial charge on any atom is -0.449 e. The molecule has 0 aliphatic heterocycles. The second-order valence-electron chi connectivity index (χ2n) is 7.70. The van der Waals surface area contributed by atoms with E-state index in [2.05, 4.69) is 19.2 Å². The molecule has 27 heavy (non-hydrogen) atoms. The Hall–Kier alpha value is -1.89. The fourth-order valence-corrected chi connectivity index (χ4v) is 4.21. The molecule has 0 saturated heterocycles. The molecule has 0 aromatic heterocycles. The summed E-state index contributed by atoms with van der Waals surface area (Å²) in [4.78, 5) is 24.6. The van der Waals surface area contributed by atoms with E-state index in [1.54, 1.807) is 19.1 Å². The van der Waals surface area contributed by atoms with Gasteiger partial charge in [0.1, 0.15) is 0 Å². The van der Waals surface area contributed by atoms with Crippen LogP contribution in [-0.4, -0.2) is 38.7 Å². The van der Waals surface area contributed by atoms with E-state index in [9.17, 15) is 18.0 Å². The van der Waals surface area contributed by atoms with Crippen LogP contribution in [0.3, 0.4) is 0 Å². The number of carbonyl (C=O) groups is 2. The second kappa shape index (κ2) is 8.87. The highest BCUT2D eigenvalue weighted by atomic mass is 32.2. The summed E-state index contributed by atoms with van der Waals surface area (Å²) in [6.45, 7) is 5.89. The Morgan fingerprint density at radius 1 is 1.19 bits per heavy atom. The van der Waals surface area contributed by atoms with Crippen molar-refractivity contribution >= 4 is 21.7 Å². The fourth-order valence-electron chi connectivity index (χ4n) is 3.41. The van der Waals surface area contributed by atoms with Gasteiger partial charge >= 0.3 is 5.97 Å². The molecular formula is C20H29NO5S. The van der Waals surface area contributed by atoms with Crippen molar-refractivity contribution in [2.24, 2.45) is 11.8 Å². The van der Waals surface area contributed by atoms with Crippen LogP contribution >= 0.6 is 0 Å². The maximum atomic E-state index is 12.4. The molecule has 2 rings (SSSR count). The lowest BCUT2D eigenvalue weighted by Crippen LogP contribution is -2.47. The summed E-state index contributed by atoms with van der Waals surface area (Å²) in [6.07, 6.45) is 3.47. The van der Waals surface area contributed by atoms with Gasteiger partial charge in [0.15, 0.2) is 15.9 Å². The SMILES string of the molecule is C[C@@H]1[C@H](C)CCC[C@H]1NC(=O)[C@@H](C)OC(=O)c1ccc(CS(C)(=O)=O)cc1. The first-order valence-electron chi connectivity index (χ1n) is 9.35. The number of esters is 1. The third-order valence-corrected chi connectivity index (χ3v) is 6.16. The third kappa shape index (κ3) is 6.34. The topological polar surface area (TPSA) is 89.5 Å². The Bertz CT molecular complexity index is 772. The molecule has 1 aromatic rings. The molecule has 1 fully saturated rings. The number of nitrogens with one attached hydrogen (secondary N) is 1. The van der Waals surface area contributed by atoms with Gasteiger partial charge in [-0.05, 0) is 42.9 Å². The zero-order chi connectivity index (χ0) is 20.2. The number of hydrogen-bond acceptors (Lipinski definition) is 5. The van der Waals surface area contributed by atoms with Crippen molar-refractivity contribution in [2.75, 3.05) is 6.26 Å². The van der Waals surface area contributed by atoms with Crippen molar-refractivity contribution in [2.45, 2.75) is 57.9 Å². The van der Waals surface area contributed by atoms with Crippen LogP contribution in [-0.2, 0) is 25.1 Å². The summed E-state index contributed by atoms with van der Waals surface area (Å²) in [7, 11) is -3.13. The molecule has 0 bridgehead atoms. The average Bonchev–Trinajstić information content (AvgIpc) is 2.58. The first-order valence-corrected chi connectivity index (χ1v) is 11.4. The molecular weight excluding hydrogens is 366 g/mol. The van der Waals surface area contributed by atoms with Gasteiger partial charge < -0.3 is 10.1 Å². The summed E-state index contributed by atoms with van der Waals surface area (Å²) >= 11 is 0. The summed E-state index contributed by atoms with van der Waals surface area (Å²) in [6, 6.07) is 6.29. The van der Waals surface area contributed by atoms with Gasteiger partial charge in [-0.2, -0.15) is 0 Å². The van der Waals surface area contributed by atoms with Crippen molar-refractivity contribution in [3.8, 4) is 0 Å². The maximum absolute atomic E-state index is 12.4. The highest BCUT2D eigenvalue weighted by Gasteiger charge is 2.30. The van der Waals surface area contributed by atoms with Gasteiger partial charge in [0.05, 0.1) is 11.3 Å². The number of sulfone groups is 1. The van der Waals surface area contributed by atoms with E-state index in [1.165, 1.54) is 18.6 Å². The van der Waals surface area contributed by atoms with Crippen molar-refractivity contribution in [3.05, 3.63) is 35.4 Å². The van der Waals surface area contributed by atoms with Crippen LogP contribution < -0.4 is 5.32 Å². The zero-order valence-electron chi connectivity index (χ0n) is 16.4. The van der Waals surface area contributed by atoms with E-state index < -0.39 is 21.9 Å². The smallest absolute Gasteiger partial charge is 0.338 e. The number of rotatable bonds is 6. The Morgan fingerprint density at radius 3 is 2.41 bits per heavy atom. The lowest BCUT2D eigenvalue weighted by Gasteiger charge is -2.35. The molecule has 0 unspecified atom stereocenters. The first-order chi connectivity index (χ1) is 12.6. The Labute approximate surface area is 161 Å². The quantitative estimate of drug-likeness (QED) is 0.748. The zero-order valence-corrected chi connectivity index (χ0v) is 17.2. The molecule has 1 aliphatic rings. The van der Waals surface area contributed by atoms with Crippen molar-refractivity contribution < 1.29 is 22.7 Å². The summed E-state index contributed by atoms with van der Waals surface area (Å²) in [5.41, 5.74) is 0.881. The van der Waals surface area contributed by atoms with Crippen LogP contribution in [0.25, 0.3) is 0 Å². The minimum atomic E-state index is -3.13. The molecule has 4 atom stereocenters. The largest absolute Gasteiger partial charge is 0.449 e. The predicted molar refractivity (Wildman–Crippen MR) is 104 cm³/mol. The number of amides is 1. The van der Waals surface area contributed by atoms with E-state index in [0.717, 1.165) is 19.1 Å². The van der Waals surface area contributed by atoms with Crippen LogP contribution in [0, 0.1) is 11.8 Å². The number of benzene rings is 1. The molecule has 1 aliphatic carbocycles. The van der Waals surface area contributed by atoms with Gasteiger partial charge in [0.2, 0.25) is 0 Å².